The summed E-state index contributed by atoms with van der Waals surface area (Å²) in [7, 11) is 0. The zero-order valence-electron chi connectivity index (χ0n) is 13.1. The molecule has 0 saturated carbocycles. The molecule has 1 amide bonds. The second-order valence-electron chi connectivity index (χ2n) is 5.65. The van der Waals surface area contributed by atoms with Gasteiger partial charge in [-0.15, -0.1) is 0 Å². The summed E-state index contributed by atoms with van der Waals surface area (Å²) in [5.74, 6) is 0.876. The van der Waals surface area contributed by atoms with Crippen molar-refractivity contribution in [1.82, 2.24) is 5.32 Å². The van der Waals surface area contributed by atoms with Gasteiger partial charge < -0.3 is 15.0 Å². The van der Waals surface area contributed by atoms with Crippen molar-refractivity contribution in [2.24, 2.45) is 0 Å². The van der Waals surface area contributed by atoms with E-state index < -0.39 is 0 Å². The molecule has 0 radical (unpaired) electrons. The minimum Gasteiger partial charge on any atom is -0.482 e. The zero-order chi connectivity index (χ0) is 15.1. The maximum atomic E-state index is 12.0. The molecule has 0 aromatic heterocycles. The predicted molar refractivity (Wildman–Crippen MR) is 85.9 cm³/mol. The normalized spacial score (nSPS) is 15.5. The summed E-state index contributed by atoms with van der Waals surface area (Å²) in [6.45, 7) is 6.42. The Morgan fingerprint density at radius 3 is 2.95 bits per heavy atom. The van der Waals surface area contributed by atoms with E-state index >= 15 is 0 Å². The number of benzene rings is 1. The molecule has 2 rings (SSSR count). The molecule has 1 aliphatic rings. The van der Waals surface area contributed by atoms with Crippen LogP contribution in [0.1, 0.15) is 39.5 Å². The first kappa shape index (κ1) is 15.8. The highest BCUT2D eigenvalue weighted by atomic mass is 16.5. The summed E-state index contributed by atoms with van der Waals surface area (Å²) < 4.78 is 5.45. The van der Waals surface area contributed by atoms with Crippen molar-refractivity contribution in [3.05, 3.63) is 24.3 Å². The van der Waals surface area contributed by atoms with Gasteiger partial charge in [0.05, 0.1) is 5.69 Å². The van der Waals surface area contributed by atoms with Crippen LogP contribution in [-0.2, 0) is 4.79 Å². The molecule has 4 heteroatoms. The summed E-state index contributed by atoms with van der Waals surface area (Å²) >= 11 is 0. The molecule has 0 aliphatic carbocycles. The number of carbonyl (C=O) groups excluding carboxylic acids is 1. The molecule has 1 aromatic rings. The Morgan fingerprint density at radius 1 is 1.33 bits per heavy atom. The second-order valence-corrected chi connectivity index (χ2v) is 5.65. The molecule has 0 saturated heterocycles. The van der Waals surface area contributed by atoms with Crippen molar-refractivity contribution < 1.29 is 9.53 Å². The van der Waals surface area contributed by atoms with Crippen LogP contribution in [-0.4, -0.2) is 31.6 Å². The average molecular weight is 290 g/mol. The number of anilines is 1. The largest absolute Gasteiger partial charge is 0.482 e. The molecule has 1 aliphatic heterocycles. The number of rotatable bonds is 8. The molecule has 1 atom stereocenters. The van der Waals surface area contributed by atoms with Crippen LogP contribution >= 0.6 is 0 Å². The van der Waals surface area contributed by atoms with Crippen molar-refractivity contribution in [1.29, 1.82) is 0 Å². The first-order valence-corrected chi connectivity index (χ1v) is 7.98. The van der Waals surface area contributed by atoms with Crippen LogP contribution in [0.15, 0.2) is 24.3 Å². The summed E-state index contributed by atoms with van der Waals surface area (Å²) in [4.78, 5) is 13.9. The van der Waals surface area contributed by atoms with Crippen LogP contribution in [0.2, 0.25) is 0 Å². The van der Waals surface area contributed by atoms with Crippen molar-refractivity contribution in [2.75, 3.05) is 24.6 Å². The van der Waals surface area contributed by atoms with Crippen molar-refractivity contribution in [3.8, 4) is 5.75 Å². The Balaban J connectivity index is 1.79. The second kappa shape index (κ2) is 8.03. The fraction of sp³-hybridized carbons (Fsp3) is 0.588. The van der Waals surface area contributed by atoms with E-state index in [-0.39, 0.29) is 12.5 Å². The monoisotopic (exact) mass is 290 g/mol. The van der Waals surface area contributed by atoms with E-state index in [0.717, 1.165) is 43.8 Å². The van der Waals surface area contributed by atoms with Gasteiger partial charge >= 0.3 is 0 Å². The number of carbonyl (C=O) groups is 1. The topological polar surface area (TPSA) is 41.6 Å². The highest BCUT2D eigenvalue weighted by molar-refractivity contribution is 5.97. The quantitative estimate of drug-likeness (QED) is 0.748. The van der Waals surface area contributed by atoms with E-state index in [2.05, 4.69) is 19.2 Å². The van der Waals surface area contributed by atoms with E-state index in [1.54, 1.807) is 0 Å². The van der Waals surface area contributed by atoms with Crippen LogP contribution in [0.25, 0.3) is 0 Å². The number of amides is 1. The lowest BCUT2D eigenvalue weighted by Gasteiger charge is -2.29. The number of nitrogens with zero attached hydrogens (tertiary/aromatic N) is 1. The van der Waals surface area contributed by atoms with Gasteiger partial charge in [-0.3, -0.25) is 4.79 Å². The molecule has 4 nitrogen and oxygen atoms in total. The molecule has 1 heterocycles. The third kappa shape index (κ3) is 4.46. The standard InChI is InChI=1S/C17H26N2O2/c1-3-11-18-14(2)8-6-7-12-19-15-9-4-5-10-16(15)21-13-17(19)20/h4-5,9-10,14,18H,3,6-8,11-13H2,1-2H3. The maximum absolute atomic E-state index is 12.0. The molecule has 0 bridgehead atoms. The first-order valence-electron chi connectivity index (χ1n) is 7.98. The smallest absolute Gasteiger partial charge is 0.265 e. The Kier molecular flexibility index (Phi) is 6.05. The number of hydrogen-bond acceptors (Lipinski definition) is 3. The van der Waals surface area contributed by atoms with Crippen LogP contribution in [0.4, 0.5) is 5.69 Å². The van der Waals surface area contributed by atoms with Crippen molar-refractivity contribution in [2.45, 2.75) is 45.6 Å². The highest BCUT2D eigenvalue weighted by Gasteiger charge is 2.24. The first-order chi connectivity index (χ1) is 10.2. The van der Waals surface area contributed by atoms with Gasteiger partial charge in [0.2, 0.25) is 0 Å². The summed E-state index contributed by atoms with van der Waals surface area (Å²) in [6, 6.07) is 8.32. The van der Waals surface area contributed by atoms with Gasteiger partial charge in [0.1, 0.15) is 5.75 Å². The van der Waals surface area contributed by atoms with E-state index in [9.17, 15) is 4.79 Å². The van der Waals surface area contributed by atoms with Gasteiger partial charge in [-0.05, 0) is 44.9 Å². The van der Waals surface area contributed by atoms with E-state index in [1.807, 2.05) is 29.2 Å². The Bertz CT molecular complexity index is 462. The number of fused-ring (bicyclic) bond motifs is 1. The number of nitrogens with one attached hydrogen (secondary N) is 1. The van der Waals surface area contributed by atoms with Gasteiger partial charge in [0, 0.05) is 12.6 Å². The predicted octanol–water partition coefficient (Wildman–Crippen LogP) is 2.97. The summed E-state index contributed by atoms with van der Waals surface area (Å²) in [5.41, 5.74) is 0.908. The molecule has 0 fully saturated rings. The number of hydrogen-bond donors (Lipinski definition) is 1. The summed E-state index contributed by atoms with van der Waals surface area (Å²) in [6.07, 6.45) is 4.48. The van der Waals surface area contributed by atoms with Gasteiger partial charge in [0.15, 0.2) is 6.61 Å². The molecular weight excluding hydrogens is 264 g/mol. The van der Waals surface area contributed by atoms with Crippen LogP contribution < -0.4 is 15.0 Å². The molecule has 0 spiro atoms. The Hall–Kier alpha value is -1.55. The van der Waals surface area contributed by atoms with Gasteiger partial charge in [-0.2, -0.15) is 0 Å². The average Bonchev–Trinajstić information content (AvgIpc) is 2.51. The van der Waals surface area contributed by atoms with Crippen LogP contribution in [0, 0.1) is 0 Å². The lowest BCUT2D eigenvalue weighted by molar-refractivity contribution is -0.121. The molecule has 21 heavy (non-hydrogen) atoms. The Labute approximate surface area is 127 Å². The highest BCUT2D eigenvalue weighted by Crippen LogP contribution is 2.31. The van der Waals surface area contributed by atoms with E-state index in [1.165, 1.54) is 6.42 Å². The molecule has 1 unspecified atom stereocenters. The third-order valence-corrected chi connectivity index (χ3v) is 3.82. The molecule has 116 valence electrons. The van der Waals surface area contributed by atoms with E-state index in [4.69, 9.17) is 4.74 Å². The fourth-order valence-electron chi connectivity index (χ4n) is 2.61. The van der Waals surface area contributed by atoms with E-state index in [0.29, 0.717) is 6.04 Å². The lowest BCUT2D eigenvalue weighted by Crippen LogP contribution is -2.39. The third-order valence-electron chi connectivity index (χ3n) is 3.82. The van der Waals surface area contributed by atoms with Gasteiger partial charge in [0.25, 0.3) is 5.91 Å². The summed E-state index contributed by atoms with van der Waals surface area (Å²) in [5, 5.41) is 3.49. The number of unbranched alkanes of at least 4 members (excludes halogenated alkanes) is 1. The lowest BCUT2D eigenvalue weighted by atomic mass is 10.1. The minimum atomic E-state index is 0.0610. The molecule has 1 N–H and O–H groups in total. The Morgan fingerprint density at radius 2 is 2.14 bits per heavy atom. The number of para-hydroxylation sites is 2. The fourth-order valence-corrected chi connectivity index (χ4v) is 2.61. The SMILES string of the molecule is CCCNC(C)CCCCN1C(=O)COc2ccccc21. The minimum absolute atomic E-state index is 0.0610. The maximum Gasteiger partial charge on any atom is 0.265 e. The molecule has 1 aromatic carbocycles. The zero-order valence-corrected chi connectivity index (χ0v) is 13.1. The van der Waals surface area contributed by atoms with Crippen LogP contribution in [0.5, 0.6) is 5.75 Å². The van der Waals surface area contributed by atoms with Crippen molar-refractivity contribution in [3.63, 3.8) is 0 Å². The van der Waals surface area contributed by atoms with Crippen molar-refractivity contribution >= 4 is 11.6 Å². The number of ether oxygens (including phenoxy) is 1. The van der Waals surface area contributed by atoms with Gasteiger partial charge in [-0.1, -0.05) is 25.5 Å². The molecular formula is C17H26N2O2. The van der Waals surface area contributed by atoms with Crippen LogP contribution in [0.3, 0.4) is 0 Å². The van der Waals surface area contributed by atoms with Gasteiger partial charge in [-0.25, -0.2) is 0 Å².